The molecule has 0 spiro atoms. The maximum Gasteiger partial charge on any atom is -0.0198 e. The summed E-state index contributed by atoms with van der Waals surface area (Å²) in [5, 5.41) is 0. The van der Waals surface area contributed by atoms with Crippen molar-refractivity contribution in [2.75, 3.05) is 0 Å². The van der Waals surface area contributed by atoms with Crippen LogP contribution in [-0.4, -0.2) is 0 Å². The Kier molecular flexibility index (Phi) is 1.73. The molecule has 0 radical (unpaired) electrons. The Morgan fingerprint density at radius 2 is 2.29 bits per heavy atom. The summed E-state index contributed by atoms with van der Waals surface area (Å²) in [6, 6.07) is 0. The molecule has 0 aromatic rings. The Morgan fingerprint density at radius 3 is 2.43 bits per heavy atom. The van der Waals surface area contributed by atoms with Gasteiger partial charge in [0, 0.05) is 0 Å². The van der Waals surface area contributed by atoms with Gasteiger partial charge in [0.2, 0.25) is 0 Å². The lowest BCUT2D eigenvalue weighted by Crippen LogP contribution is -1.71. The zero-order valence-corrected chi connectivity index (χ0v) is 6.60. The maximum absolute atomic E-state index is 2.31. The highest BCUT2D eigenvalue weighted by Crippen LogP contribution is 2.36. The second-order valence-electron chi connectivity index (χ2n) is 2.13. The van der Waals surface area contributed by atoms with E-state index in [1.165, 1.54) is 12.8 Å². The minimum atomic E-state index is 0.969. The molecule has 0 aromatic heterocycles. The Balaban J connectivity index is 2.37. The van der Waals surface area contributed by atoms with Crippen molar-refractivity contribution in [2.45, 2.75) is 19.8 Å². The van der Waals surface area contributed by atoms with Crippen LogP contribution in [0, 0.1) is 5.92 Å². The van der Waals surface area contributed by atoms with Gasteiger partial charge in [-0.05, 0) is 29.8 Å². The molecule has 1 heteroatoms. The third-order valence-corrected chi connectivity index (χ3v) is 2.38. The van der Waals surface area contributed by atoms with E-state index in [1.54, 1.807) is 5.57 Å². The average Bonchev–Trinajstić information content (AvgIpc) is 2.44. The largest absolute Gasteiger partial charge is 0.0642 e. The second-order valence-corrected chi connectivity index (χ2v) is 2.75. The molecule has 1 rings (SSSR count). The zero-order chi connectivity index (χ0) is 5.28. The van der Waals surface area contributed by atoms with Gasteiger partial charge in [-0.1, -0.05) is 28.2 Å². The van der Waals surface area contributed by atoms with Gasteiger partial charge in [-0.2, -0.15) is 0 Å². The molecule has 1 aliphatic carbocycles. The Labute approximate surface area is 58.1 Å². The van der Waals surface area contributed by atoms with Crippen molar-refractivity contribution >= 4 is 22.6 Å². The summed E-state index contributed by atoms with van der Waals surface area (Å²) in [5.41, 5.74) is 1.57. The molecule has 40 valence electrons. The fraction of sp³-hybridized carbons (Fsp3) is 0.667. The normalized spacial score (nSPS) is 22.9. The SMILES string of the molecule is C/C(=C\I)C1CC1. The van der Waals surface area contributed by atoms with Crippen molar-refractivity contribution in [1.82, 2.24) is 0 Å². The van der Waals surface area contributed by atoms with E-state index in [0.29, 0.717) is 0 Å². The quantitative estimate of drug-likeness (QED) is 0.581. The summed E-state index contributed by atoms with van der Waals surface area (Å²) in [4.78, 5) is 0. The summed E-state index contributed by atoms with van der Waals surface area (Å²) in [5.74, 6) is 0.969. The lowest BCUT2D eigenvalue weighted by atomic mass is 10.2. The van der Waals surface area contributed by atoms with Crippen molar-refractivity contribution in [3.8, 4) is 0 Å². The molecular weight excluding hydrogens is 199 g/mol. The zero-order valence-electron chi connectivity index (χ0n) is 4.45. The second kappa shape index (κ2) is 2.16. The van der Waals surface area contributed by atoms with Crippen LogP contribution in [0.1, 0.15) is 19.8 Å². The predicted molar refractivity (Wildman–Crippen MR) is 40.5 cm³/mol. The third kappa shape index (κ3) is 1.44. The predicted octanol–water partition coefficient (Wildman–Crippen LogP) is 2.74. The molecule has 0 nitrogen and oxygen atoms in total. The Hall–Kier alpha value is 0.470. The molecule has 0 saturated heterocycles. The summed E-state index contributed by atoms with van der Waals surface area (Å²) in [6.45, 7) is 2.21. The van der Waals surface area contributed by atoms with Crippen LogP contribution in [0.3, 0.4) is 0 Å². The van der Waals surface area contributed by atoms with Crippen LogP contribution in [0.2, 0.25) is 0 Å². The van der Waals surface area contributed by atoms with Crippen LogP contribution in [0.15, 0.2) is 9.66 Å². The van der Waals surface area contributed by atoms with Crippen LogP contribution in [0.5, 0.6) is 0 Å². The highest BCUT2D eigenvalue weighted by Gasteiger charge is 2.21. The number of allylic oxidation sites excluding steroid dienone is 1. The maximum atomic E-state index is 2.31. The minimum Gasteiger partial charge on any atom is -0.0642 e. The first kappa shape index (κ1) is 5.60. The molecule has 1 saturated carbocycles. The smallest absolute Gasteiger partial charge is 0.0198 e. The van der Waals surface area contributed by atoms with Gasteiger partial charge in [-0.25, -0.2) is 0 Å². The van der Waals surface area contributed by atoms with Crippen LogP contribution in [0.4, 0.5) is 0 Å². The van der Waals surface area contributed by atoms with Crippen LogP contribution < -0.4 is 0 Å². The van der Waals surface area contributed by atoms with Gasteiger partial charge >= 0.3 is 0 Å². The molecule has 0 atom stereocenters. The molecule has 0 aromatic carbocycles. The monoisotopic (exact) mass is 208 g/mol. The third-order valence-electron chi connectivity index (χ3n) is 1.39. The highest BCUT2D eigenvalue weighted by molar-refractivity contribution is 14.1. The van der Waals surface area contributed by atoms with Gasteiger partial charge in [-0.15, -0.1) is 0 Å². The fourth-order valence-electron chi connectivity index (χ4n) is 0.628. The number of rotatable bonds is 1. The fourth-order valence-corrected chi connectivity index (χ4v) is 1.14. The van der Waals surface area contributed by atoms with Crippen molar-refractivity contribution in [3.05, 3.63) is 9.66 Å². The van der Waals surface area contributed by atoms with E-state index in [4.69, 9.17) is 0 Å². The first-order valence-electron chi connectivity index (χ1n) is 2.61. The Bertz CT molecular complexity index is 90.4. The molecule has 0 heterocycles. The molecule has 0 bridgehead atoms. The van der Waals surface area contributed by atoms with E-state index in [1.807, 2.05) is 0 Å². The Morgan fingerprint density at radius 1 is 1.71 bits per heavy atom. The lowest BCUT2D eigenvalue weighted by Gasteiger charge is -1.87. The average molecular weight is 208 g/mol. The van der Waals surface area contributed by atoms with E-state index in [2.05, 4.69) is 33.6 Å². The minimum absolute atomic E-state index is 0.969. The van der Waals surface area contributed by atoms with Crippen molar-refractivity contribution in [3.63, 3.8) is 0 Å². The molecular formula is C6H9I. The van der Waals surface area contributed by atoms with Crippen molar-refractivity contribution in [1.29, 1.82) is 0 Å². The van der Waals surface area contributed by atoms with E-state index in [-0.39, 0.29) is 0 Å². The van der Waals surface area contributed by atoms with Gasteiger partial charge in [0.25, 0.3) is 0 Å². The van der Waals surface area contributed by atoms with Gasteiger partial charge < -0.3 is 0 Å². The van der Waals surface area contributed by atoms with E-state index < -0.39 is 0 Å². The number of halogens is 1. The standard InChI is InChI=1S/C6H9I/c1-5(4-7)6-2-3-6/h4,6H,2-3H2,1H3/b5-4+. The number of hydrogen-bond acceptors (Lipinski definition) is 0. The summed E-state index contributed by atoms with van der Waals surface area (Å²) < 4.78 is 2.19. The van der Waals surface area contributed by atoms with E-state index >= 15 is 0 Å². The van der Waals surface area contributed by atoms with Crippen LogP contribution >= 0.6 is 22.6 Å². The molecule has 1 aliphatic rings. The van der Waals surface area contributed by atoms with Crippen LogP contribution in [0.25, 0.3) is 0 Å². The topological polar surface area (TPSA) is 0 Å². The van der Waals surface area contributed by atoms with Gasteiger partial charge in [0.05, 0.1) is 0 Å². The summed E-state index contributed by atoms with van der Waals surface area (Å²) >= 11 is 2.31. The molecule has 0 aliphatic heterocycles. The molecule has 1 fully saturated rings. The van der Waals surface area contributed by atoms with Gasteiger partial charge in [0.1, 0.15) is 0 Å². The van der Waals surface area contributed by atoms with Gasteiger partial charge in [-0.3, -0.25) is 0 Å². The lowest BCUT2D eigenvalue weighted by molar-refractivity contribution is 1.01. The van der Waals surface area contributed by atoms with Crippen molar-refractivity contribution in [2.24, 2.45) is 5.92 Å². The van der Waals surface area contributed by atoms with E-state index in [0.717, 1.165) is 5.92 Å². The number of hydrogen-bond donors (Lipinski definition) is 0. The highest BCUT2D eigenvalue weighted by atomic mass is 127. The summed E-state index contributed by atoms with van der Waals surface area (Å²) in [6.07, 6.45) is 2.87. The van der Waals surface area contributed by atoms with E-state index in [9.17, 15) is 0 Å². The van der Waals surface area contributed by atoms with Crippen LogP contribution in [-0.2, 0) is 0 Å². The van der Waals surface area contributed by atoms with Crippen molar-refractivity contribution < 1.29 is 0 Å². The van der Waals surface area contributed by atoms with Gasteiger partial charge in [0.15, 0.2) is 0 Å². The summed E-state index contributed by atoms with van der Waals surface area (Å²) in [7, 11) is 0. The molecule has 0 N–H and O–H groups in total. The first-order valence-corrected chi connectivity index (χ1v) is 3.86. The molecule has 0 unspecified atom stereocenters. The first-order chi connectivity index (χ1) is 3.34. The molecule has 0 amide bonds. The molecule has 7 heavy (non-hydrogen) atoms.